The minimum Gasteiger partial charge on any atom is -0.382 e. The topological polar surface area (TPSA) is 64.1 Å². The molecule has 0 spiro atoms. The molecular weight excluding hydrogens is 265 g/mol. The second-order valence-corrected chi connectivity index (χ2v) is 3.91. The number of ether oxygens (including phenoxy) is 1. The average molecular weight is 278 g/mol. The summed E-state index contributed by atoms with van der Waals surface area (Å²) in [6, 6.07) is 0. The Morgan fingerprint density at radius 3 is 2.94 bits per heavy atom. The molecule has 0 bridgehead atoms. The van der Waals surface area contributed by atoms with Crippen LogP contribution >= 0.6 is 23.2 Å². The van der Waals surface area contributed by atoms with E-state index >= 15 is 0 Å². The third kappa shape index (κ3) is 4.85. The van der Waals surface area contributed by atoms with Gasteiger partial charge in [-0.25, -0.2) is 9.97 Å². The molecule has 1 N–H and O–H groups in total. The van der Waals surface area contributed by atoms with Gasteiger partial charge in [0.25, 0.3) is 0 Å². The van der Waals surface area contributed by atoms with Gasteiger partial charge in [0.1, 0.15) is 11.3 Å². The SMILES string of the molecule is CCOCCCC(=O)Nc1ncnc(Cl)c1Cl. The van der Waals surface area contributed by atoms with E-state index in [1.54, 1.807) is 0 Å². The van der Waals surface area contributed by atoms with Gasteiger partial charge >= 0.3 is 0 Å². The molecule has 1 rings (SSSR count). The number of anilines is 1. The molecule has 5 nitrogen and oxygen atoms in total. The molecule has 0 aliphatic rings. The zero-order chi connectivity index (χ0) is 12.7. The van der Waals surface area contributed by atoms with E-state index in [0.29, 0.717) is 26.1 Å². The highest BCUT2D eigenvalue weighted by Crippen LogP contribution is 2.25. The van der Waals surface area contributed by atoms with Crippen LogP contribution in [0, 0.1) is 0 Å². The highest BCUT2D eigenvalue weighted by molar-refractivity contribution is 6.42. The molecule has 0 unspecified atom stereocenters. The second-order valence-electron chi connectivity index (χ2n) is 3.18. The molecule has 0 aliphatic carbocycles. The number of nitrogens with zero attached hydrogens (tertiary/aromatic N) is 2. The summed E-state index contributed by atoms with van der Waals surface area (Å²) < 4.78 is 5.12. The van der Waals surface area contributed by atoms with Crippen molar-refractivity contribution >= 4 is 34.9 Å². The van der Waals surface area contributed by atoms with Crippen molar-refractivity contribution in [3.05, 3.63) is 16.5 Å². The normalized spacial score (nSPS) is 10.3. The summed E-state index contributed by atoms with van der Waals surface area (Å²) in [6.07, 6.45) is 2.23. The smallest absolute Gasteiger partial charge is 0.225 e. The maximum absolute atomic E-state index is 11.5. The van der Waals surface area contributed by atoms with Gasteiger partial charge < -0.3 is 10.1 Å². The van der Waals surface area contributed by atoms with Gasteiger partial charge in [-0.2, -0.15) is 0 Å². The van der Waals surface area contributed by atoms with Crippen molar-refractivity contribution in [2.75, 3.05) is 18.5 Å². The summed E-state index contributed by atoms with van der Waals surface area (Å²) in [7, 11) is 0. The summed E-state index contributed by atoms with van der Waals surface area (Å²) in [5.74, 6) is 0.0504. The van der Waals surface area contributed by atoms with Gasteiger partial charge in [-0.1, -0.05) is 23.2 Å². The molecule has 1 amide bonds. The summed E-state index contributed by atoms with van der Waals surface area (Å²) in [5.41, 5.74) is 0. The Hall–Kier alpha value is -0.910. The molecule has 7 heteroatoms. The van der Waals surface area contributed by atoms with Crippen LogP contribution in [0.2, 0.25) is 10.2 Å². The zero-order valence-corrected chi connectivity index (χ0v) is 10.9. The fourth-order valence-corrected chi connectivity index (χ4v) is 1.39. The van der Waals surface area contributed by atoms with Gasteiger partial charge in [-0.15, -0.1) is 0 Å². The summed E-state index contributed by atoms with van der Waals surface area (Å²) in [5, 5.41) is 2.83. The first kappa shape index (κ1) is 14.2. The molecule has 0 aromatic carbocycles. The predicted octanol–water partition coefficient (Wildman–Crippen LogP) is 2.54. The Balaban J connectivity index is 2.43. The number of nitrogens with one attached hydrogen (secondary N) is 1. The van der Waals surface area contributed by atoms with Crippen LogP contribution in [-0.2, 0) is 9.53 Å². The minimum atomic E-state index is -0.179. The largest absolute Gasteiger partial charge is 0.382 e. The summed E-state index contributed by atoms with van der Waals surface area (Å²) >= 11 is 11.5. The number of amides is 1. The Morgan fingerprint density at radius 1 is 1.47 bits per heavy atom. The second kappa shape index (κ2) is 7.42. The highest BCUT2D eigenvalue weighted by atomic mass is 35.5. The van der Waals surface area contributed by atoms with E-state index in [1.165, 1.54) is 6.33 Å². The lowest BCUT2D eigenvalue weighted by Crippen LogP contribution is -2.14. The monoisotopic (exact) mass is 277 g/mol. The zero-order valence-electron chi connectivity index (χ0n) is 9.37. The third-order valence-electron chi connectivity index (χ3n) is 1.90. The molecule has 0 fully saturated rings. The molecule has 0 aliphatic heterocycles. The molecule has 0 radical (unpaired) electrons. The van der Waals surface area contributed by atoms with Crippen molar-refractivity contribution in [2.45, 2.75) is 19.8 Å². The van der Waals surface area contributed by atoms with Crippen molar-refractivity contribution in [1.82, 2.24) is 9.97 Å². The molecule has 94 valence electrons. The van der Waals surface area contributed by atoms with E-state index in [1.807, 2.05) is 6.92 Å². The molecule has 0 atom stereocenters. The molecule has 1 heterocycles. The number of aromatic nitrogens is 2. The first-order valence-corrected chi connectivity index (χ1v) is 5.94. The van der Waals surface area contributed by atoms with Crippen LogP contribution < -0.4 is 5.32 Å². The van der Waals surface area contributed by atoms with Gasteiger partial charge in [0.05, 0.1) is 0 Å². The van der Waals surface area contributed by atoms with Crippen molar-refractivity contribution in [1.29, 1.82) is 0 Å². The maximum Gasteiger partial charge on any atom is 0.225 e. The van der Waals surface area contributed by atoms with E-state index in [0.717, 1.165) is 0 Å². The van der Waals surface area contributed by atoms with E-state index in [-0.39, 0.29) is 21.9 Å². The first-order valence-electron chi connectivity index (χ1n) is 5.18. The number of hydrogen-bond donors (Lipinski definition) is 1. The lowest BCUT2D eigenvalue weighted by molar-refractivity contribution is -0.116. The lowest BCUT2D eigenvalue weighted by atomic mass is 10.3. The molecule has 17 heavy (non-hydrogen) atoms. The molecular formula is C10H13Cl2N3O2. The van der Waals surface area contributed by atoms with Crippen LogP contribution in [0.5, 0.6) is 0 Å². The van der Waals surface area contributed by atoms with E-state index < -0.39 is 0 Å². The van der Waals surface area contributed by atoms with Crippen LogP contribution in [-0.4, -0.2) is 29.1 Å². The maximum atomic E-state index is 11.5. The molecule has 0 saturated heterocycles. The number of halogens is 2. The van der Waals surface area contributed by atoms with Crippen molar-refractivity contribution in [3.8, 4) is 0 Å². The van der Waals surface area contributed by atoms with Crippen LogP contribution in [0.25, 0.3) is 0 Å². The van der Waals surface area contributed by atoms with Gasteiger partial charge in [-0.05, 0) is 13.3 Å². The van der Waals surface area contributed by atoms with Gasteiger partial charge in [0.15, 0.2) is 11.0 Å². The minimum absolute atomic E-state index is 0.117. The molecule has 0 saturated carbocycles. The summed E-state index contributed by atoms with van der Waals surface area (Å²) in [6.45, 7) is 3.11. The van der Waals surface area contributed by atoms with Crippen LogP contribution in [0.4, 0.5) is 5.82 Å². The van der Waals surface area contributed by atoms with E-state index in [4.69, 9.17) is 27.9 Å². The number of rotatable bonds is 6. The number of carbonyl (C=O) groups excluding carboxylic acids is 1. The predicted molar refractivity (Wildman–Crippen MR) is 66.4 cm³/mol. The van der Waals surface area contributed by atoms with Gasteiger partial charge in [0, 0.05) is 19.6 Å². The Labute approximate surface area is 109 Å². The van der Waals surface area contributed by atoms with Crippen LogP contribution in [0.1, 0.15) is 19.8 Å². The first-order chi connectivity index (χ1) is 8.15. The standard InChI is InChI=1S/C10H13Cl2N3O2/c1-2-17-5-3-4-7(16)15-10-8(11)9(12)13-6-14-10/h6H,2-5H2,1H3,(H,13,14,15,16). The van der Waals surface area contributed by atoms with Crippen molar-refractivity contribution in [3.63, 3.8) is 0 Å². The quantitative estimate of drug-likeness (QED) is 0.641. The molecule has 1 aromatic heterocycles. The van der Waals surface area contributed by atoms with Gasteiger partial charge in [-0.3, -0.25) is 4.79 Å². The highest BCUT2D eigenvalue weighted by Gasteiger charge is 2.10. The van der Waals surface area contributed by atoms with Crippen LogP contribution in [0.15, 0.2) is 6.33 Å². The van der Waals surface area contributed by atoms with Gasteiger partial charge in [0.2, 0.25) is 5.91 Å². The summed E-state index contributed by atoms with van der Waals surface area (Å²) in [4.78, 5) is 19.0. The third-order valence-corrected chi connectivity index (χ3v) is 2.64. The fraction of sp³-hybridized carbons (Fsp3) is 0.500. The van der Waals surface area contributed by atoms with Crippen molar-refractivity contribution in [2.24, 2.45) is 0 Å². The Morgan fingerprint density at radius 2 is 2.24 bits per heavy atom. The Bertz CT molecular complexity index is 388. The lowest BCUT2D eigenvalue weighted by Gasteiger charge is -2.06. The average Bonchev–Trinajstić information content (AvgIpc) is 2.31. The van der Waals surface area contributed by atoms with E-state index in [9.17, 15) is 4.79 Å². The number of carbonyl (C=O) groups is 1. The molecule has 1 aromatic rings. The van der Waals surface area contributed by atoms with Crippen LogP contribution in [0.3, 0.4) is 0 Å². The Kier molecular flexibility index (Phi) is 6.18. The van der Waals surface area contributed by atoms with Crippen molar-refractivity contribution < 1.29 is 9.53 Å². The van der Waals surface area contributed by atoms with E-state index in [2.05, 4.69) is 15.3 Å². The number of hydrogen-bond acceptors (Lipinski definition) is 4. The fourth-order valence-electron chi connectivity index (χ4n) is 1.11.